The van der Waals surface area contributed by atoms with Crippen LogP contribution < -0.4 is 5.73 Å². The standard InChI is InChI=1S/C15H19N3O/c1-11(16)7-8-13-17-14(18-19-13)15(9-10-15)12-5-3-2-4-6-12/h2-6,11H,7-10,16H2,1H3. The average Bonchev–Trinajstić information content (AvgIpc) is 3.10. The van der Waals surface area contributed by atoms with Gasteiger partial charge in [0.25, 0.3) is 0 Å². The van der Waals surface area contributed by atoms with Crippen LogP contribution in [0, 0.1) is 0 Å². The second kappa shape index (κ2) is 4.78. The number of nitrogens with zero attached hydrogens (tertiary/aromatic N) is 2. The van der Waals surface area contributed by atoms with Crippen LogP contribution in [-0.2, 0) is 11.8 Å². The number of hydrogen-bond acceptors (Lipinski definition) is 4. The maximum atomic E-state index is 5.75. The molecule has 2 aromatic rings. The van der Waals surface area contributed by atoms with Crippen LogP contribution in [0.15, 0.2) is 34.9 Å². The second-order valence-corrected chi connectivity index (χ2v) is 5.48. The molecule has 1 aliphatic rings. The van der Waals surface area contributed by atoms with Crippen LogP contribution >= 0.6 is 0 Å². The van der Waals surface area contributed by atoms with Crippen molar-refractivity contribution in [3.05, 3.63) is 47.6 Å². The zero-order valence-corrected chi connectivity index (χ0v) is 11.2. The summed E-state index contributed by atoms with van der Waals surface area (Å²) >= 11 is 0. The molecule has 1 aromatic heterocycles. The highest BCUT2D eigenvalue weighted by Crippen LogP contribution is 2.52. The summed E-state index contributed by atoms with van der Waals surface area (Å²) < 4.78 is 5.35. The van der Waals surface area contributed by atoms with Gasteiger partial charge in [-0.3, -0.25) is 0 Å². The highest BCUT2D eigenvalue weighted by atomic mass is 16.5. The molecule has 100 valence electrons. The molecule has 4 nitrogen and oxygen atoms in total. The minimum Gasteiger partial charge on any atom is -0.339 e. The smallest absolute Gasteiger partial charge is 0.226 e. The van der Waals surface area contributed by atoms with E-state index in [4.69, 9.17) is 10.3 Å². The van der Waals surface area contributed by atoms with Gasteiger partial charge >= 0.3 is 0 Å². The fraction of sp³-hybridized carbons (Fsp3) is 0.467. The first-order valence-electron chi connectivity index (χ1n) is 6.85. The molecule has 1 aliphatic carbocycles. The summed E-state index contributed by atoms with van der Waals surface area (Å²) in [6.07, 6.45) is 3.84. The molecule has 0 amide bonds. The number of aryl methyl sites for hydroxylation is 1. The third kappa shape index (κ3) is 2.40. The van der Waals surface area contributed by atoms with E-state index in [-0.39, 0.29) is 11.5 Å². The second-order valence-electron chi connectivity index (χ2n) is 5.48. The lowest BCUT2D eigenvalue weighted by Crippen LogP contribution is -2.15. The molecule has 0 bridgehead atoms. The number of rotatable bonds is 5. The molecule has 19 heavy (non-hydrogen) atoms. The van der Waals surface area contributed by atoms with Gasteiger partial charge < -0.3 is 10.3 Å². The van der Waals surface area contributed by atoms with Crippen molar-refractivity contribution in [1.82, 2.24) is 10.1 Å². The first kappa shape index (κ1) is 12.4. The summed E-state index contributed by atoms with van der Waals surface area (Å²) in [5, 5.41) is 4.18. The molecule has 0 saturated heterocycles. The molecule has 1 fully saturated rings. The van der Waals surface area contributed by atoms with Crippen LogP contribution in [0.3, 0.4) is 0 Å². The topological polar surface area (TPSA) is 64.9 Å². The zero-order valence-electron chi connectivity index (χ0n) is 11.2. The third-order valence-corrected chi connectivity index (χ3v) is 3.79. The summed E-state index contributed by atoms with van der Waals surface area (Å²) in [6.45, 7) is 1.99. The SMILES string of the molecule is CC(N)CCc1nc(C2(c3ccccc3)CC2)no1. The van der Waals surface area contributed by atoms with Crippen molar-refractivity contribution in [1.29, 1.82) is 0 Å². The van der Waals surface area contributed by atoms with E-state index in [2.05, 4.69) is 34.4 Å². The van der Waals surface area contributed by atoms with Crippen LogP contribution in [0.4, 0.5) is 0 Å². The highest BCUT2D eigenvalue weighted by molar-refractivity contribution is 5.38. The monoisotopic (exact) mass is 257 g/mol. The average molecular weight is 257 g/mol. The molecule has 0 spiro atoms. The molecule has 4 heteroatoms. The van der Waals surface area contributed by atoms with Gasteiger partial charge in [0, 0.05) is 12.5 Å². The van der Waals surface area contributed by atoms with Crippen molar-refractivity contribution in [2.24, 2.45) is 5.73 Å². The molecule has 2 N–H and O–H groups in total. The van der Waals surface area contributed by atoms with Gasteiger partial charge in [0.05, 0.1) is 5.41 Å². The lowest BCUT2D eigenvalue weighted by molar-refractivity contribution is 0.365. The molecule has 1 aromatic carbocycles. The van der Waals surface area contributed by atoms with Crippen LogP contribution in [0.2, 0.25) is 0 Å². The number of benzene rings is 1. The Balaban J connectivity index is 1.79. The molecular weight excluding hydrogens is 238 g/mol. The molecule has 1 heterocycles. The summed E-state index contributed by atoms with van der Waals surface area (Å²) in [5.41, 5.74) is 7.03. The fourth-order valence-corrected chi connectivity index (χ4v) is 2.43. The summed E-state index contributed by atoms with van der Waals surface area (Å²) in [7, 11) is 0. The van der Waals surface area contributed by atoms with Crippen molar-refractivity contribution < 1.29 is 4.52 Å². The van der Waals surface area contributed by atoms with Crippen LogP contribution in [0.1, 0.15) is 43.5 Å². The van der Waals surface area contributed by atoms with Gasteiger partial charge in [-0.1, -0.05) is 35.5 Å². The van der Waals surface area contributed by atoms with E-state index in [0.29, 0.717) is 5.89 Å². The first-order valence-corrected chi connectivity index (χ1v) is 6.85. The van der Waals surface area contributed by atoms with Gasteiger partial charge in [0.15, 0.2) is 5.82 Å². The quantitative estimate of drug-likeness (QED) is 0.893. The molecule has 3 rings (SSSR count). The summed E-state index contributed by atoms with van der Waals surface area (Å²) in [4.78, 5) is 4.56. The number of hydrogen-bond donors (Lipinski definition) is 1. The van der Waals surface area contributed by atoms with Gasteiger partial charge in [-0.2, -0.15) is 4.98 Å². The largest absolute Gasteiger partial charge is 0.339 e. The normalized spacial score (nSPS) is 18.2. The lowest BCUT2D eigenvalue weighted by Gasteiger charge is -2.10. The van der Waals surface area contributed by atoms with E-state index in [1.165, 1.54) is 5.56 Å². The molecular formula is C15H19N3O. The van der Waals surface area contributed by atoms with Crippen LogP contribution in [0.25, 0.3) is 0 Å². The van der Waals surface area contributed by atoms with Crippen molar-refractivity contribution in [3.63, 3.8) is 0 Å². The fourth-order valence-electron chi connectivity index (χ4n) is 2.43. The maximum absolute atomic E-state index is 5.75. The van der Waals surface area contributed by atoms with Gasteiger partial charge in [-0.05, 0) is 31.7 Å². The van der Waals surface area contributed by atoms with Crippen molar-refractivity contribution in [2.45, 2.75) is 44.1 Å². The molecule has 1 atom stereocenters. The molecule has 1 saturated carbocycles. The predicted octanol–water partition coefficient (Wildman–Crippen LogP) is 2.43. The van der Waals surface area contributed by atoms with E-state index in [1.807, 2.05) is 13.0 Å². The van der Waals surface area contributed by atoms with Gasteiger partial charge in [0.2, 0.25) is 5.89 Å². The Kier molecular flexibility index (Phi) is 3.11. The lowest BCUT2D eigenvalue weighted by atomic mass is 9.95. The predicted molar refractivity (Wildman–Crippen MR) is 72.7 cm³/mol. The summed E-state index contributed by atoms with van der Waals surface area (Å²) in [6, 6.07) is 10.6. The van der Waals surface area contributed by atoms with E-state index < -0.39 is 0 Å². The number of nitrogens with two attached hydrogens (primary N) is 1. The van der Waals surface area contributed by atoms with Gasteiger partial charge in [0.1, 0.15) is 0 Å². The zero-order chi connectivity index (χ0) is 13.3. The maximum Gasteiger partial charge on any atom is 0.226 e. The van der Waals surface area contributed by atoms with Crippen molar-refractivity contribution in [3.8, 4) is 0 Å². The van der Waals surface area contributed by atoms with Gasteiger partial charge in [-0.25, -0.2) is 0 Å². The Hall–Kier alpha value is -1.68. The van der Waals surface area contributed by atoms with E-state index >= 15 is 0 Å². The highest BCUT2D eigenvalue weighted by Gasteiger charge is 2.49. The Morgan fingerprint density at radius 1 is 1.32 bits per heavy atom. The minimum absolute atomic E-state index is 0.00264. The Labute approximate surface area is 113 Å². The first-order chi connectivity index (χ1) is 9.21. The van der Waals surface area contributed by atoms with Crippen LogP contribution in [-0.4, -0.2) is 16.2 Å². The minimum atomic E-state index is -0.00264. The molecule has 0 aliphatic heterocycles. The van der Waals surface area contributed by atoms with E-state index in [9.17, 15) is 0 Å². The number of aromatic nitrogens is 2. The van der Waals surface area contributed by atoms with E-state index in [1.54, 1.807) is 0 Å². The molecule has 1 unspecified atom stereocenters. The Bertz CT molecular complexity index is 544. The van der Waals surface area contributed by atoms with Gasteiger partial charge in [-0.15, -0.1) is 0 Å². The van der Waals surface area contributed by atoms with Crippen molar-refractivity contribution in [2.75, 3.05) is 0 Å². The molecule has 0 radical (unpaired) electrons. The Morgan fingerprint density at radius 2 is 2.05 bits per heavy atom. The van der Waals surface area contributed by atoms with Crippen LogP contribution in [0.5, 0.6) is 0 Å². The van der Waals surface area contributed by atoms with E-state index in [0.717, 1.165) is 31.5 Å². The third-order valence-electron chi connectivity index (χ3n) is 3.79. The van der Waals surface area contributed by atoms with Crippen molar-refractivity contribution >= 4 is 0 Å². The Morgan fingerprint density at radius 3 is 2.68 bits per heavy atom. The summed E-state index contributed by atoms with van der Waals surface area (Å²) in [5.74, 6) is 1.54.